The summed E-state index contributed by atoms with van der Waals surface area (Å²) in [5.74, 6) is 0.0829. The molecule has 2 unspecified atom stereocenters. The standard InChI is InChI=1S/C81H54N2O3/c1-51-25-20-39-57(53-28-8-3-9-29-53)76(51)83(71-48-24-45-67-65-43-22-41-59(78(65)86-81(67)71)55-32-12-5-13-33-55)72-49-68-75-62-37-16-14-35-60(62)73(50-74(75)84-79(68)63-38-17-15-36-61(63)72)82(69-46-19-18-34-56(69)52-26-6-2-7-27-52)70-47-23-44-66-64-42-21-40-58(77(64)85-80(66)70)54-30-10-4-11-31-54/h2-51,76H,1H3. The number of anilines is 5. The number of fused-ring (bicyclic) bond motifs is 13. The Kier molecular flexibility index (Phi) is 11.5. The molecule has 0 fully saturated rings. The van der Waals surface area contributed by atoms with Gasteiger partial charge in [0.15, 0.2) is 11.2 Å². The normalized spacial score (nSPS) is 14.4. The zero-order valence-electron chi connectivity index (χ0n) is 47.1. The summed E-state index contributed by atoms with van der Waals surface area (Å²) in [6.07, 6.45) is 6.87. The molecule has 17 rings (SSSR count). The minimum Gasteiger partial charge on any atom is -0.455 e. The number of rotatable bonds is 10. The predicted octanol–water partition coefficient (Wildman–Crippen LogP) is 23.0. The molecule has 0 amide bonds. The van der Waals surface area contributed by atoms with Crippen LogP contribution in [0.3, 0.4) is 0 Å². The number of para-hydroxylation sites is 5. The molecule has 1 aliphatic rings. The Labute approximate surface area is 496 Å². The third-order valence-electron chi connectivity index (χ3n) is 17.7. The summed E-state index contributed by atoms with van der Waals surface area (Å²) in [7, 11) is 0. The maximum atomic E-state index is 7.50. The molecule has 0 bridgehead atoms. The molecule has 0 aliphatic heterocycles. The van der Waals surface area contributed by atoms with Gasteiger partial charge in [-0.05, 0) is 63.4 Å². The van der Waals surface area contributed by atoms with Crippen LogP contribution >= 0.6 is 0 Å². The van der Waals surface area contributed by atoms with Crippen molar-refractivity contribution in [2.24, 2.45) is 5.92 Å². The van der Waals surface area contributed by atoms with E-state index in [4.69, 9.17) is 13.3 Å². The lowest BCUT2D eigenvalue weighted by Gasteiger charge is -2.40. The average Bonchev–Trinajstić information content (AvgIpc) is 1.64. The van der Waals surface area contributed by atoms with Gasteiger partial charge in [-0.25, -0.2) is 0 Å². The minimum atomic E-state index is -0.153. The molecule has 0 N–H and O–H groups in total. The molecule has 1 aliphatic carbocycles. The zero-order valence-corrected chi connectivity index (χ0v) is 47.1. The van der Waals surface area contributed by atoms with E-state index in [2.05, 4.69) is 314 Å². The second kappa shape index (κ2) is 20.0. The summed E-state index contributed by atoms with van der Waals surface area (Å²) in [6.45, 7) is 2.34. The van der Waals surface area contributed by atoms with Crippen LogP contribution in [-0.2, 0) is 0 Å². The highest BCUT2D eigenvalue weighted by atomic mass is 16.3. The van der Waals surface area contributed by atoms with E-state index in [1.807, 2.05) is 0 Å². The number of nitrogens with zero attached hydrogens (tertiary/aromatic N) is 2. The molecular formula is C81H54N2O3. The van der Waals surface area contributed by atoms with Crippen LogP contribution in [0, 0.1) is 5.92 Å². The average molecular weight is 1100 g/mol. The predicted molar refractivity (Wildman–Crippen MR) is 359 cm³/mol. The van der Waals surface area contributed by atoms with Gasteiger partial charge in [0, 0.05) is 71.2 Å². The monoisotopic (exact) mass is 1100 g/mol. The van der Waals surface area contributed by atoms with Gasteiger partial charge in [-0.3, -0.25) is 0 Å². The summed E-state index contributed by atoms with van der Waals surface area (Å²) in [5, 5.41) is 10.5. The molecule has 5 heteroatoms. The SMILES string of the molecule is CC1C=CC=C(c2ccccc2)C1N(c1cc2c(oc3cc(N(c4ccccc4-c4ccccc4)c4cccc5c4oc4c(-c6ccccc6)cccc45)c4ccccc4c32)c2ccccc12)c1cccc2c1oc1c(-c3ccccc3)cccc12. The van der Waals surface area contributed by atoms with Crippen LogP contribution in [0.4, 0.5) is 28.4 Å². The summed E-state index contributed by atoms with van der Waals surface area (Å²) in [4.78, 5) is 4.98. The third kappa shape index (κ3) is 7.78. The van der Waals surface area contributed by atoms with E-state index in [1.54, 1.807) is 0 Å². The Balaban J connectivity index is 0.947. The van der Waals surface area contributed by atoms with Crippen LogP contribution in [0.15, 0.2) is 311 Å². The van der Waals surface area contributed by atoms with Crippen LogP contribution in [0.1, 0.15) is 12.5 Å². The van der Waals surface area contributed by atoms with Gasteiger partial charge in [-0.2, -0.15) is 0 Å². The van der Waals surface area contributed by atoms with Crippen LogP contribution in [0.5, 0.6) is 0 Å². The first-order chi connectivity index (χ1) is 42.6. The van der Waals surface area contributed by atoms with Crippen molar-refractivity contribution in [2.45, 2.75) is 13.0 Å². The highest BCUT2D eigenvalue weighted by Crippen LogP contribution is 2.53. The van der Waals surface area contributed by atoms with E-state index < -0.39 is 0 Å². The summed E-state index contributed by atoms with van der Waals surface area (Å²) in [6, 6.07) is 99.7. The first kappa shape index (κ1) is 49.5. The molecule has 13 aromatic carbocycles. The van der Waals surface area contributed by atoms with Gasteiger partial charge in [0.05, 0.1) is 34.5 Å². The van der Waals surface area contributed by atoms with Crippen LogP contribution < -0.4 is 9.80 Å². The minimum absolute atomic E-state index is 0.0829. The zero-order chi connectivity index (χ0) is 56.8. The molecule has 406 valence electrons. The summed E-state index contributed by atoms with van der Waals surface area (Å²) < 4.78 is 22.1. The maximum Gasteiger partial charge on any atom is 0.159 e. The molecular weight excluding hydrogens is 1050 g/mol. The van der Waals surface area contributed by atoms with Gasteiger partial charge in [-0.1, -0.05) is 274 Å². The van der Waals surface area contributed by atoms with Crippen molar-refractivity contribution in [3.05, 3.63) is 303 Å². The van der Waals surface area contributed by atoms with E-state index in [1.165, 1.54) is 11.1 Å². The van der Waals surface area contributed by atoms with E-state index in [0.29, 0.717) is 0 Å². The number of hydrogen-bond donors (Lipinski definition) is 0. The lowest BCUT2D eigenvalue weighted by Crippen LogP contribution is -2.38. The maximum absolute atomic E-state index is 7.50. The van der Waals surface area contributed by atoms with Gasteiger partial charge in [0.1, 0.15) is 22.3 Å². The van der Waals surface area contributed by atoms with E-state index in [-0.39, 0.29) is 12.0 Å². The molecule has 86 heavy (non-hydrogen) atoms. The van der Waals surface area contributed by atoms with Crippen molar-refractivity contribution >= 4 is 121 Å². The van der Waals surface area contributed by atoms with Crippen LogP contribution in [-0.4, -0.2) is 6.04 Å². The third-order valence-corrected chi connectivity index (χ3v) is 17.7. The van der Waals surface area contributed by atoms with E-state index in [9.17, 15) is 0 Å². The van der Waals surface area contributed by atoms with Crippen molar-refractivity contribution in [2.75, 3.05) is 9.80 Å². The fourth-order valence-corrected chi connectivity index (χ4v) is 13.9. The molecule has 0 saturated heterocycles. The fraction of sp³-hybridized carbons (Fsp3) is 0.0370. The molecule has 16 aromatic rings. The van der Waals surface area contributed by atoms with Gasteiger partial charge in [-0.15, -0.1) is 0 Å². The first-order valence-electron chi connectivity index (χ1n) is 29.6. The molecule has 3 aromatic heterocycles. The quantitative estimate of drug-likeness (QED) is 0.137. The topological polar surface area (TPSA) is 45.9 Å². The van der Waals surface area contributed by atoms with Crippen LogP contribution in [0.2, 0.25) is 0 Å². The van der Waals surface area contributed by atoms with Crippen molar-refractivity contribution in [3.63, 3.8) is 0 Å². The Morgan fingerprint density at radius 1 is 0.302 bits per heavy atom. The Morgan fingerprint density at radius 2 is 0.733 bits per heavy atom. The molecule has 0 spiro atoms. The Bertz CT molecular complexity index is 5380. The molecule has 0 saturated carbocycles. The second-order valence-electron chi connectivity index (χ2n) is 22.6. The second-order valence-corrected chi connectivity index (χ2v) is 22.6. The fourth-order valence-electron chi connectivity index (χ4n) is 13.9. The lowest BCUT2D eigenvalue weighted by atomic mass is 9.83. The van der Waals surface area contributed by atoms with Crippen molar-refractivity contribution in [1.82, 2.24) is 0 Å². The Morgan fingerprint density at radius 3 is 1.35 bits per heavy atom. The number of furan rings is 3. The van der Waals surface area contributed by atoms with Crippen LogP contribution in [0.25, 0.3) is 126 Å². The van der Waals surface area contributed by atoms with Gasteiger partial charge >= 0.3 is 0 Å². The van der Waals surface area contributed by atoms with Gasteiger partial charge in [0.2, 0.25) is 0 Å². The smallest absolute Gasteiger partial charge is 0.159 e. The van der Waals surface area contributed by atoms with Crippen molar-refractivity contribution < 1.29 is 13.3 Å². The van der Waals surface area contributed by atoms with Crippen molar-refractivity contribution in [3.8, 4) is 33.4 Å². The number of benzene rings is 13. The molecule has 5 nitrogen and oxygen atoms in total. The molecule has 2 atom stereocenters. The summed E-state index contributed by atoms with van der Waals surface area (Å²) >= 11 is 0. The van der Waals surface area contributed by atoms with E-state index in [0.717, 1.165) is 149 Å². The molecule has 0 radical (unpaired) electrons. The van der Waals surface area contributed by atoms with Gasteiger partial charge < -0.3 is 23.1 Å². The largest absolute Gasteiger partial charge is 0.455 e. The highest BCUT2D eigenvalue weighted by Gasteiger charge is 2.35. The van der Waals surface area contributed by atoms with Crippen molar-refractivity contribution in [1.29, 1.82) is 0 Å². The van der Waals surface area contributed by atoms with E-state index >= 15 is 0 Å². The first-order valence-corrected chi connectivity index (χ1v) is 29.6. The Hall–Kier alpha value is -11.1. The number of hydrogen-bond acceptors (Lipinski definition) is 5. The molecule has 3 heterocycles. The lowest BCUT2D eigenvalue weighted by molar-refractivity contribution is 0.617. The number of allylic oxidation sites excluding steroid dienone is 2. The highest BCUT2D eigenvalue weighted by molar-refractivity contribution is 6.28. The van der Waals surface area contributed by atoms with Gasteiger partial charge in [0.25, 0.3) is 0 Å². The summed E-state index contributed by atoms with van der Waals surface area (Å²) in [5.41, 5.74) is 18.8.